The molecule has 0 spiro atoms. The van der Waals surface area contributed by atoms with Crippen LogP contribution in [0.15, 0.2) is 63.6 Å². The minimum absolute atomic E-state index is 0.296. The highest BCUT2D eigenvalue weighted by atomic mass is 16.3. The van der Waals surface area contributed by atoms with Crippen molar-refractivity contribution >= 4 is 28.4 Å². The van der Waals surface area contributed by atoms with E-state index in [2.05, 4.69) is 37.0 Å². The van der Waals surface area contributed by atoms with Crippen LogP contribution >= 0.6 is 0 Å². The van der Waals surface area contributed by atoms with Gasteiger partial charge in [-0.2, -0.15) is 9.50 Å². The van der Waals surface area contributed by atoms with Gasteiger partial charge >= 0.3 is 0 Å². The van der Waals surface area contributed by atoms with E-state index in [1.54, 1.807) is 16.8 Å². The van der Waals surface area contributed by atoms with Gasteiger partial charge in [0.1, 0.15) is 17.2 Å². The number of likely N-dealkylation sites (tertiary alicyclic amines) is 1. The summed E-state index contributed by atoms with van der Waals surface area (Å²) in [7, 11) is 2.04. The van der Waals surface area contributed by atoms with Crippen LogP contribution < -0.4 is 10.6 Å². The van der Waals surface area contributed by atoms with E-state index < -0.39 is 0 Å². The number of anilines is 2. The molecule has 0 saturated carbocycles. The maximum Gasteiger partial charge on any atom is 0.225 e. The third-order valence-corrected chi connectivity index (χ3v) is 6.29. The highest BCUT2D eigenvalue weighted by Crippen LogP contribution is 2.26. The molecule has 9 nitrogen and oxygen atoms in total. The Bertz CT molecular complexity index is 1370. The summed E-state index contributed by atoms with van der Waals surface area (Å²) >= 11 is 0. The first-order chi connectivity index (χ1) is 16.1. The number of nitrogens with two attached hydrogens (primary N) is 1. The number of para-hydroxylation sites is 1. The molecule has 33 heavy (non-hydrogen) atoms. The van der Waals surface area contributed by atoms with Gasteiger partial charge in [0.2, 0.25) is 11.8 Å². The Morgan fingerprint density at radius 2 is 2.06 bits per heavy atom. The van der Waals surface area contributed by atoms with Gasteiger partial charge in [0.25, 0.3) is 0 Å². The highest BCUT2D eigenvalue weighted by molar-refractivity contribution is 5.77. The van der Waals surface area contributed by atoms with Crippen LogP contribution in [0, 0.1) is 0 Å². The molecule has 5 heterocycles. The Hall–Kier alpha value is -3.85. The summed E-state index contributed by atoms with van der Waals surface area (Å²) in [5, 5.41) is 5.57. The Labute approximate surface area is 190 Å². The molecular weight excluding hydrogens is 418 g/mol. The van der Waals surface area contributed by atoms with Crippen molar-refractivity contribution in [1.29, 1.82) is 0 Å². The number of fused-ring (bicyclic) bond motifs is 2. The molecule has 6 rings (SSSR count). The SMILES string of the molecule is CN(CC1CCCN1Cc1cc2ccccc2o1)c1cc2nc(-c3ccco3)nn2c(N)n1. The van der Waals surface area contributed by atoms with Crippen LogP contribution in [0.25, 0.3) is 28.2 Å². The normalized spacial score (nSPS) is 16.8. The number of furan rings is 2. The predicted octanol–water partition coefficient (Wildman–Crippen LogP) is 3.81. The number of nitrogen functional groups attached to an aromatic ring is 1. The number of nitrogens with zero attached hydrogens (tertiary/aromatic N) is 6. The summed E-state index contributed by atoms with van der Waals surface area (Å²) in [6, 6.07) is 16.2. The van der Waals surface area contributed by atoms with Crippen LogP contribution in [-0.2, 0) is 6.54 Å². The van der Waals surface area contributed by atoms with Gasteiger partial charge < -0.3 is 19.5 Å². The number of aromatic nitrogens is 4. The Kier molecular flexibility index (Phi) is 4.76. The van der Waals surface area contributed by atoms with Crippen molar-refractivity contribution in [2.75, 3.05) is 30.8 Å². The van der Waals surface area contributed by atoms with E-state index >= 15 is 0 Å². The standard InChI is InChI=1S/C24H25N7O2/c1-29(21-13-22-26-23(20-9-5-11-32-20)28-31(22)24(25)27-21)14-17-7-4-10-30(17)15-18-12-16-6-2-3-8-19(16)33-18/h2-3,5-6,8-9,11-13,17H,4,7,10,14-15H2,1H3,(H2,25,27). The minimum atomic E-state index is 0.296. The molecule has 168 valence electrons. The average Bonchev–Trinajstić information content (AvgIpc) is 3.60. The summed E-state index contributed by atoms with van der Waals surface area (Å²) in [4.78, 5) is 13.8. The molecule has 1 atom stereocenters. The fourth-order valence-electron chi connectivity index (χ4n) is 4.64. The second-order valence-electron chi connectivity index (χ2n) is 8.55. The molecule has 0 radical (unpaired) electrons. The van der Waals surface area contributed by atoms with Crippen LogP contribution in [0.1, 0.15) is 18.6 Å². The fraction of sp³-hybridized carbons (Fsp3) is 0.292. The van der Waals surface area contributed by atoms with Gasteiger partial charge in [0.05, 0.1) is 12.8 Å². The zero-order valence-electron chi connectivity index (χ0n) is 18.4. The van der Waals surface area contributed by atoms with Crippen LogP contribution in [-0.4, -0.2) is 50.7 Å². The third kappa shape index (κ3) is 3.70. The second kappa shape index (κ2) is 7.93. The first kappa shape index (κ1) is 19.8. The van der Waals surface area contributed by atoms with Crippen LogP contribution in [0.3, 0.4) is 0 Å². The number of likely N-dealkylation sites (N-methyl/N-ethyl adjacent to an activating group) is 1. The first-order valence-corrected chi connectivity index (χ1v) is 11.1. The molecule has 0 aliphatic carbocycles. The summed E-state index contributed by atoms with van der Waals surface area (Å²) in [6.45, 7) is 2.70. The van der Waals surface area contributed by atoms with E-state index in [-0.39, 0.29) is 0 Å². The highest BCUT2D eigenvalue weighted by Gasteiger charge is 2.27. The quantitative estimate of drug-likeness (QED) is 0.423. The van der Waals surface area contributed by atoms with Crippen molar-refractivity contribution in [3.05, 3.63) is 60.6 Å². The number of hydrogen-bond donors (Lipinski definition) is 1. The van der Waals surface area contributed by atoms with E-state index in [4.69, 9.17) is 14.6 Å². The Morgan fingerprint density at radius 3 is 2.91 bits per heavy atom. The second-order valence-corrected chi connectivity index (χ2v) is 8.55. The lowest BCUT2D eigenvalue weighted by Gasteiger charge is -2.28. The molecule has 0 bridgehead atoms. The van der Waals surface area contributed by atoms with Crippen molar-refractivity contribution in [3.8, 4) is 11.6 Å². The van der Waals surface area contributed by atoms with E-state index in [9.17, 15) is 0 Å². The van der Waals surface area contributed by atoms with Crippen molar-refractivity contribution < 1.29 is 8.83 Å². The maximum absolute atomic E-state index is 6.21. The molecule has 0 amide bonds. The molecule has 1 fully saturated rings. The largest absolute Gasteiger partial charge is 0.461 e. The smallest absolute Gasteiger partial charge is 0.225 e. The molecule has 2 N–H and O–H groups in total. The molecule has 1 saturated heterocycles. The zero-order valence-corrected chi connectivity index (χ0v) is 18.4. The molecule has 1 aliphatic rings. The van der Waals surface area contributed by atoms with Gasteiger partial charge in [-0.25, -0.2) is 4.98 Å². The van der Waals surface area contributed by atoms with Gasteiger partial charge in [-0.15, -0.1) is 5.10 Å². The molecule has 1 aliphatic heterocycles. The number of benzene rings is 1. The van der Waals surface area contributed by atoms with Crippen molar-refractivity contribution in [3.63, 3.8) is 0 Å². The molecule has 1 aromatic carbocycles. The molecule has 9 heteroatoms. The van der Waals surface area contributed by atoms with Crippen LogP contribution in [0.4, 0.5) is 11.8 Å². The van der Waals surface area contributed by atoms with Gasteiger partial charge in [0, 0.05) is 31.1 Å². The number of hydrogen-bond acceptors (Lipinski definition) is 8. The van der Waals surface area contributed by atoms with Crippen LogP contribution in [0.2, 0.25) is 0 Å². The molecule has 1 unspecified atom stereocenters. The Morgan fingerprint density at radius 1 is 1.15 bits per heavy atom. The van der Waals surface area contributed by atoms with Gasteiger partial charge in [-0.3, -0.25) is 4.90 Å². The fourth-order valence-corrected chi connectivity index (χ4v) is 4.64. The zero-order chi connectivity index (χ0) is 22.4. The lowest BCUT2D eigenvalue weighted by molar-refractivity contribution is 0.231. The predicted molar refractivity (Wildman–Crippen MR) is 126 cm³/mol. The minimum Gasteiger partial charge on any atom is -0.461 e. The lowest BCUT2D eigenvalue weighted by Crippen LogP contribution is -2.38. The van der Waals surface area contributed by atoms with Crippen LogP contribution in [0.5, 0.6) is 0 Å². The lowest BCUT2D eigenvalue weighted by atomic mass is 10.2. The van der Waals surface area contributed by atoms with Gasteiger partial charge in [0.15, 0.2) is 11.4 Å². The number of rotatable bonds is 6. The van der Waals surface area contributed by atoms with E-state index in [0.717, 1.165) is 48.6 Å². The van der Waals surface area contributed by atoms with E-state index in [0.29, 0.717) is 29.2 Å². The third-order valence-electron chi connectivity index (χ3n) is 6.29. The molecule has 4 aromatic heterocycles. The van der Waals surface area contributed by atoms with Crippen molar-refractivity contribution in [1.82, 2.24) is 24.5 Å². The van der Waals surface area contributed by atoms with Gasteiger partial charge in [-0.05, 0) is 43.7 Å². The monoisotopic (exact) mass is 443 g/mol. The summed E-state index contributed by atoms with van der Waals surface area (Å²) < 4.78 is 13.0. The first-order valence-electron chi connectivity index (χ1n) is 11.1. The maximum atomic E-state index is 6.21. The van der Waals surface area contributed by atoms with Crippen molar-refractivity contribution in [2.24, 2.45) is 0 Å². The van der Waals surface area contributed by atoms with Gasteiger partial charge in [-0.1, -0.05) is 18.2 Å². The average molecular weight is 444 g/mol. The summed E-state index contributed by atoms with van der Waals surface area (Å²) in [6.07, 6.45) is 3.90. The summed E-state index contributed by atoms with van der Waals surface area (Å²) in [5.41, 5.74) is 7.79. The van der Waals surface area contributed by atoms with E-state index in [1.807, 2.05) is 37.4 Å². The molecular formula is C24H25N7O2. The topological polar surface area (TPSA) is 102 Å². The molecule has 5 aromatic rings. The van der Waals surface area contributed by atoms with E-state index in [1.165, 1.54) is 6.42 Å². The van der Waals surface area contributed by atoms with Crippen molar-refractivity contribution in [2.45, 2.75) is 25.4 Å². The Balaban J connectivity index is 1.20. The summed E-state index contributed by atoms with van der Waals surface area (Å²) in [5.74, 6) is 3.16.